The molecular weight excluding hydrogens is 597 g/mol. The fourth-order valence-electron chi connectivity index (χ4n) is 5.65. The van der Waals surface area contributed by atoms with Crippen molar-refractivity contribution in [2.24, 2.45) is 0 Å². The summed E-state index contributed by atoms with van der Waals surface area (Å²) in [6.07, 6.45) is 0. The van der Waals surface area contributed by atoms with Crippen LogP contribution in [0.4, 0.5) is 0 Å². The predicted octanol–water partition coefficient (Wildman–Crippen LogP) is 7.52. The van der Waals surface area contributed by atoms with Gasteiger partial charge in [-0.25, -0.2) is 29.9 Å². The molecule has 0 spiro atoms. The fraction of sp³-hybridized carbons (Fsp3) is 0. The molecule has 0 saturated carbocycles. The molecule has 0 radical (unpaired) electrons. The van der Waals surface area contributed by atoms with Crippen molar-refractivity contribution in [2.45, 2.75) is 0 Å². The van der Waals surface area contributed by atoms with E-state index in [1.54, 1.807) is 0 Å². The molecule has 4 aromatic carbocycles. The second kappa shape index (κ2) is 9.34. The van der Waals surface area contributed by atoms with Gasteiger partial charge in [-0.15, -0.1) is 0 Å². The zero-order chi connectivity index (χ0) is 27.1. The van der Waals surface area contributed by atoms with E-state index in [4.69, 9.17) is 41.5 Å². The number of nitrogens with zero attached hydrogens (tertiary/aromatic N) is 6. The molecule has 8 nitrogen and oxygen atoms in total. The molecule has 2 N–H and O–H groups in total. The topological polar surface area (TPSA) is 109 Å². The Balaban J connectivity index is 0.00000267. The minimum atomic E-state index is 0. The van der Waals surface area contributed by atoms with Crippen LogP contribution < -0.4 is 0 Å². The first-order valence-electron chi connectivity index (χ1n) is 13.1. The van der Waals surface area contributed by atoms with Crippen LogP contribution in [0.1, 0.15) is 0 Å². The number of benzene rings is 4. The van der Waals surface area contributed by atoms with E-state index in [-0.39, 0.29) is 19.5 Å². The summed E-state index contributed by atoms with van der Waals surface area (Å²) in [6, 6.07) is 29.7. The van der Waals surface area contributed by atoms with E-state index >= 15 is 0 Å². The Hall–Kier alpha value is -4.85. The van der Waals surface area contributed by atoms with Gasteiger partial charge in [-0.3, -0.25) is 0 Å². The number of hydrogen-bond acceptors (Lipinski definition) is 6. The maximum atomic E-state index is 6.73. The second-order valence-electron chi connectivity index (χ2n) is 9.91. The number of fused-ring (bicyclic) bond motifs is 20. The van der Waals surface area contributed by atoms with Gasteiger partial charge in [0.05, 0.1) is 5.02 Å². The Morgan fingerprint density at radius 1 is 0.405 bits per heavy atom. The SMILES string of the molecule is Clc1cccc2c3nc4nc(nc5[nH]c(nc6nc(nc([nH]3)c12)-c1ccccc1-6)c1ccccc51)-c1ccccc1-4.[Zn]. The van der Waals surface area contributed by atoms with Gasteiger partial charge in [-0.2, -0.15) is 0 Å². The van der Waals surface area contributed by atoms with Gasteiger partial charge < -0.3 is 9.97 Å². The van der Waals surface area contributed by atoms with E-state index < -0.39 is 0 Å². The maximum absolute atomic E-state index is 6.73. The summed E-state index contributed by atoms with van der Waals surface area (Å²) >= 11 is 6.73. The predicted molar refractivity (Wildman–Crippen MR) is 161 cm³/mol. The molecule has 0 fully saturated rings. The van der Waals surface area contributed by atoms with Gasteiger partial charge >= 0.3 is 0 Å². The molecule has 0 atom stereocenters. The van der Waals surface area contributed by atoms with Crippen LogP contribution in [0.3, 0.4) is 0 Å². The molecular formula is C32H17ClN8Zn. The van der Waals surface area contributed by atoms with E-state index in [2.05, 4.69) is 9.97 Å². The van der Waals surface area contributed by atoms with Crippen LogP contribution in [0.5, 0.6) is 0 Å². The van der Waals surface area contributed by atoms with Crippen molar-refractivity contribution in [1.29, 1.82) is 0 Å². The largest absolute Gasteiger partial charge is 0.324 e. The normalized spacial score (nSPS) is 11.7. The first-order chi connectivity index (χ1) is 20.2. The average Bonchev–Trinajstić information content (AvgIpc) is 3.73. The summed E-state index contributed by atoms with van der Waals surface area (Å²) < 4.78 is 0. The van der Waals surface area contributed by atoms with Gasteiger partial charge in [0.15, 0.2) is 23.3 Å². The number of H-pyrrole nitrogens is 2. The van der Waals surface area contributed by atoms with Crippen molar-refractivity contribution in [1.82, 2.24) is 39.9 Å². The molecule has 9 rings (SSSR count). The number of aromatic nitrogens is 8. The molecule has 0 unspecified atom stereocenters. The zero-order valence-corrected chi connectivity index (χ0v) is 25.7. The molecule has 0 aliphatic carbocycles. The molecule has 10 heteroatoms. The van der Waals surface area contributed by atoms with Crippen LogP contribution in [-0.4, -0.2) is 39.9 Å². The number of halogens is 1. The van der Waals surface area contributed by atoms with Gasteiger partial charge in [0.25, 0.3) is 0 Å². The Kier molecular flexibility index (Phi) is 5.54. The molecule has 3 aromatic heterocycles. The number of nitrogens with one attached hydrogen (secondary N) is 2. The molecule has 2 aliphatic heterocycles. The summed E-state index contributed by atoms with van der Waals surface area (Å²) in [5.74, 6) is 2.24. The molecule has 42 heavy (non-hydrogen) atoms. The summed E-state index contributed by atoms with van der Waals surface area (Å²) in [4.78, 5) is 36.6. The van der Waals surface area contributed by atoms with Gasteiger partial charge in [-0.05, 0) is 6.07 Å². The Bertz CT molecular complexity index is 2410. The molecule has 2 aliphatic rings. The summed E-state index contributed by atoms with van der Waals surface area (Å²) in [7, 11) is 0. The Morgan fingerprint density at radius 3 is 1.29 bits per heavy atom. The van der Waals surface area contributed by atoms with E-state index in [0.717, 1.165) is 43.8 Å². The van der Waals surface area contributed by atoms with Crippen LogP contribution in [0, 0.1) is 0 Å². The van der Waals surface area contributed by atoms with E-state index in [0.29, 0.717) is 50.9 Å². The molecule has 194 valence electrons. The van der Waals surface area contributed by atoms with Crippen LogP contribution in [0.2, 0.25) is 5.02 Å². The standard InChI is InChI=1S/C32H17ClN8.Zn/c33-23-15-7-14-22-24(23)32-40-30-21-13-6-5-12-20(21)28(38-30)36-26-17-9-2-1-8-16(17)25(34-26)35-27-18-10-3-4-11-19(18)29(37-27)39-31(22)41-32;/h1-15H,(H2,34,35,36,37,38,39,40,41);. The van der Waals surface area contributed by atoms with E-state index in [1.165, 1.54) is 0 Å². The number of rotatable bonds is 0. The van der Waals surface area contributed by atoms with Gasteiger partial charge in [0.2, 0.25) is 0 Å². The van der Waals surface area contributed by atoms with Crippen LogP contribution in [-0.2, 0) is 19.5 Å². The Labute approximate surface area is 255 Å². The van der Waals surface area contributed by atoms with Crippen LogP contribution in [0.15, 0.2) is 91.0 Å². The monoisotopic (exact) mass is 612 g/mol. The molecule has 5 heterocycles. The van der Waals surface area contributed by atoms with Gasteiger partial charge in [0.1, 0.15) is 22.6 Å². The molecule has 0 saturated heterocycles. The van der Waals surface area contributed by atoms with Crippen molar-refractivity contribution < 1.29 is 19.5 Å². The van der Waals surface area contributed by atoms with E-state index in [1.807, 2.05) is 91.0 Å². The van der Waals surface area contributed by atoms with Crippen molar-refractivity contribution in [3.05, 3.63) is 96.0 Å². The fourth-order valence-corrected chi connectivity index (χ4v) is 5.91. The number of aromatic amines is 2. The van der Waals surface area contributed by atoms with Crippen molar-refractivity contribution >= 4 is 55.7 Å². The third kappa shape index (κ3) is 3.64. The first-order valence-corrected chi connectivity index (χ1v) is 13.5. The van der Waals surface area contributed by atoms with Crippen LogP contribution >= 0.6 is 11.6 Å². The molecule has 8 bridgehead atoms. The summed E-state index contributed by atoms with van der Waals surface area (Å²) in [6.45, 7) is 0. The minimum absolute atomic E-state index is 0. The quantitative estimate of drug-likeness (QED) is 0.171. The second-order valence-corrected chi connectivity index (χ2v) is 10.3. The Morgan fingerprint density at radius 2 is 0.786 bits per heavy atom. The number of hydrogen-bond donors (Lipinski definition) is 2. The van der Waals surface area contributed by atoms with E-state index in [9.17, 15) is 0 Å². The van der Waals surface area contributed by atoms with Crippen molar-refractivity contribution in [3.63, 3.8) is 0 Å². The molecule has 0 amide bonds. The summed E-state index contributed by atoms with van der Waals surface area (Å²) in [5, 5.41) is 4.05. The summed E-state index contributed by atoms with van der Waals surface area (Å²) in [5.41, 5.74) is 6.09. The smallest absolute Gasteiger partial charge is 0.164 e. The van der Waals surface area contributed by atoms with Crippen molar-refractivity contribution in [3.8, 4) is 45.6 Å². The average molecular weight is 614 g/mol. The van der Waals surface area contributed by atoms with Crippen molar-refractivity contribution in [2.75, 3.05) is 0 Å². The van der Waals surface area contributed by atoms with Gasteiger partial charge in [0, 0.05) is 63.3 Å². The maximum Gasteiger partial charge on any atom is 0.164 e. The van der Waals surface area contributed by atoms with Gasteiger partial charge in [-0.1, -0.05) is 96.5 Å². The first kappa shape index (κ1) is 24.9. The zero-order valence-electron chi connectivity index (χ0n) is 21.9. The third-order valence-corrected chi connectivity index (χ3v) is 7.84. The van der Waals surface area contributed by atoms with Crippen LogP contribution in [0.25, 0.3) is 89.7 Å². The minimum Gasteiger partial charge on any atom is -0.324 e. The molecule has 7 aromatic rings. The third-order valence-electron chi connectivity index (χ3n) is 7.53.